The maximum Gasteiger partial charge on any atom is 0.326 e. The maximum absolute atomic E-state index is 14.2. The van der Waals surface area contributed by atoms with Crippen LogP contribution in [0.4, 0.5) is 4.79 Å². The Balaban J connectivity index is 1.40. The van der Waals surface area contributed by atoms with E-state index in [-0.39, 0.29) is 38.0 Å². The number of rotatable bonds is 11. The van der Waals surface area contributed by atoms with Gasteiger partial charge in [0.1, 0.15) is 42.0 Å². The van der Waals surface area contributed by atoms with Crippen molar-refractivity contribution in [1.82, 2.24) is 41.8 Å². The number of phenols is 1. The number of H-pyrrole nitrogens is 1. The fourth-order valence-electron chi connectivity index (χ4n) is 7.40. The van der Waals surface area contributed by atoms with Gasteiger partial charge in [0.05, 0.1) is 0 Å². The van der Waals surface area contributed by atoms with Crippen LogP contribution in [0.3, 0.4) is 0 Å². The standard InChI is InChI=1S/C46H58N8O9/c1-27(2)39-43(59)49-36(22-19-29-17-20-32(55)21-18-29)44(60)54(4)28(3)40(56)50-37(24-30-12-6-5-7-13-30)41(57)47-23-11-10-16-35(42(58)53-39)51-46(63)52-38(45(61)62)25-31-26-48-34-15-9-8-14-33(31)34/h5-9,12-15,17-18,20-21,26-28,35-39,48,55H,10-11,16,19,22-25H2,1-4H3,(H,47,57)(H,49,59)(H,50,56)(H,53,58)(H,61,62)(H2,51,52,63)/t28-,35?,36?,37-,38-,39?/m0/s1. The first-order valence-corrected chi connectivity index (χ1v) is 21.2. The van der Waals surface area contributed by atoms with Crippen molar-refractivity contribution in [3.63, 3.8) is 0 Å². The SMILES string of the molecule is CC(C)C1NC(=O)C(NC(=O)N[C@@H](Cc2c[nH]c3ccccc23)C(=O)O)CCCCNC(=O)[C@H](Cc2ccccc2)NC(=O)[C@H](C)N(C)C(=O)C(CCc2ccc(O)cc2)NC1=O. The largest absolute Gasteiger partial charge is 0.508 e. The Bertz CT molecular complexity index is 2230. The van der Waals surface area contributed by atoms with Crippen LogP contribution in [0.25, 0.3) is 10.9 Å². The third-order valence-electron chi connectivity index (χ3n) is 11.3. The Kier molecular flexibility index (Phi) is 16.7. The van der Waals surface area contributed by atoms with Crippen molar-refractivity contribution in [2.24, 2.45) is 5.92 Å². The quantitative estimate of drug-likeness (QED) is 0.107. The topological polar surface area (TPSA) is 251 Å². The molecule has 17 heteroatoms. The van der Waals surface area contributed by atoms with Crippen LogP contribution in [-0.4, -0.2) is 111 Å². The number of aliphatic carboxylic acids is 1. The van der Waals surface area contributed by atoms with Gasteiger partial charge in [-0.15, -0.1) is 0 Å². The monoisotopic (exact) mass is 866 g/mol. The molecule has 2 heterocycles. The van der Waals surface area contributed by atoms with Gasteiger partial charge in [0.2, 0.25) is 29.5 Å². The van der Waals surface area contributed by atoms with Crippen LogP contribution in [0.5, 0.6) is 5.75 Å². The number of aromatic hydroxyl groups is 1. The minimum Gasteiger partial charge on any atom is -0.508 e. The molecule has 6 atom stereocenters. The number of amides is 7. The van der Waals surface area contributed by atoms with Crippen molar-refractivity contribution >= 4 is 52.4 Å². The van der Waals surface area contributed by atoms with E-state index in [1.165, 1.54) is 31.0 Å². The lowest BCUT2D eigenvalue weighted by atomic mass is 9.99. The molecule has 4 aromatic rings. The average molecular weight is 867 g/mol. The van der Waals surface area contributed by atoms with E-state index in [1.807, 2.05) is 54.6 Å². The smallest absolute Gasteiger partial charge is 0.326 e. The number of carbonyl (C=O) groups is 7. The number of likely N-dealkylation sites (N-methyl/N-ethyl adjacent to an activating group) is 1. The van der Waals surface area contributed by atoms with Gasteiger partial charge < -0.3 is 52.0 Å². The van der Waals surface area contributed by atoms with Crippen LogP contribution < -0.4 is 31.9 Å². The molecule has 1 saturated heterocycles. The molecule has 7 amide bonds. The molecule has 0 saturated carbocycles. The van der Waals surface area contributed by atoms with E-state index in [1.54, 1.807) is 32.2 Å². The summed E-state index contributed by atoms with van der Waals surface area (Å²) in [5, 5.41) is 37.0. The van der Waals surface area contributed by atoms with E-state index in [0.29, 0.717) is 24.8 Å². The predicted octanol–water partition coefficient (Wildman–Crippen LogP) is 2.67. The summed E-state index contributed by atoms with van der Waals surface area (Å²) in [7, 11) is 1.43. The number of aromatic nitrogens is 1. The number of carboxylic acids is 1. The number of aryl methyl sites for hydroxylation is 1. The first kappa shape index (κ1) is 47.1. The van der Waals surface area contributed by atoms with Crippen LogP contribution >= 0.6 is 0 Å². The van der Waals surface area contributed by atoms with Crippen molar-refractivity contribution in [2.75, 3.05) is 13.6 Å². The summed E-state index contributed by atoms with van der Waals surface area (Å²) in [4.78, 5) is 100. The fraction of sp³-hybridized carbons (Fsp3) is 0.413. The number of nitrogens with zero attached hydrogens (tertiary/aromatic N) is 1. The molecule has 0 bridgehead atoms. The molecule has 3 unspecified atom stereocenters. The van der Waals surface area contributed by atoms with Crippen LogP contribution in [0.2, 0.25) is 0 Å². The molecule has 1 aromatic heterocycles. The highest BCUT2D eigenvalue weighted by Gasteiger charge is 2.35. The van der Waals surface area contributed by atoms with Crippen LogP contribution in [0, 0.1) is 5.92 Å². The van der Waals surface area contributed by atoms with Crippen LogP contribution in [0.1, 0.15) is 63.1 Å². The van der Waals surface area contributed by atoms with Gasteiger partial charge in [-0.25, -0.2) is 9.59 Å². The second kappa shape index (κ2) is 22.3. The van der Waals surface area contributed by atoms with E-state index in [9.17, 15) is 43.8 Å². The van der Waals surface area contributed by atoms with E-state index in [4.69, 9.17) is 0 Å². The van der Waals surface area contributed by atoms with Gasteiger partial charge in [-0.1, -0.05) is 74.5 Å². The first-order valence-electron chi connectivity index (χ1n) is 21.2. The number of carbonyl (C=O) groups excluding carboxylic acids is 6. The summed E-state index contributed by atoms with van der Waals surface area (Å²) in [6, 6.07) is 14.9. The molecule has 9 N–H and O–H groups in total. The number of benzene rings is 3. The Morgan fingerprint density at radius 3 is 2.19 bits per heavy atom. The zero-order valence-electron chi connectivity index (χ0n) is 36.0. The molecule has 3 aromatic carbocycles. The van der Waals surface area contributed by atoms with Crippen molar-refractivity contribution in [3.05, 3.63) is 102 Å². The summed E-state index contributed by atoms with van der Waals surface area (Å²) in [6.45, 7) is 5.09. The summed E-state index contributed by atoms with van der Waals surface area (Å²) < 4.78 is 0. The van der Waals surface area contributed by atoms with Gasteiger partial charge in [0.15, 0.2) is 0 Å². The summed E-state index contributed by atoms with van der Waals surface area (Å²) in [5.74, 6) is -4.79. The highest BCUT2D eigenvalue weighted by Crippen LogP contribution is 2.20. The molecule has 0 radical (unpaired) electrons. The van der Waals surface area contributed by atoms with Crippen LogP contribution in [-0.2, 0) is 48.0 Å². The van der Waals surface area contributed by atoms with Crippen molar-refractivity contribution in [2.45, 2.75) is 102 Å². The number of hydrogen-bond acceptors (Lipinski definition) is 8. The molecule has 1 aliphatic rings. The van der Waals surface area contributed by atoms with E-state index < -0.39 is 83.7 Å². The molecule has 1 aliphatic heterocycles. The molecule has 5 rings (SSSR count). The Morgan fingerprint density at radius 1 is 0.810 bits per heavy atom. The van der Waals surface area contributed by atoms with Gasteiger partial charge in [-0.3, -0.25) is 24.0 Å². The molecule has 63 heavy (non-hydrogen) atoms. The van der Waals surface area contributed by atoms with Crippen molar-refractivity contribution in [1.29, 1.82) is 0 Å². The number of urea groups is 1. The minimum atomic E-state index is -1.36. The normalized spacial score (nSPS) is 21.5. The van der Waals surface area contributed by atoms with Crippen LogP contribution in [0.15, 0.2) is 85.1 Å². The van der Waals surface area contributed by atoms with Gasteiger partial charge in [0.25, 0.3) is 0 Å². The number of fused-ring (bicyclic) bond motifs is 1. The molecule has 336 valence electrons. The number of para-hydroxylation sites is 1. The molecule has 0 aliphatic carbocycles. The number of carboxylic acid groups (broad SMARTS) is 1. The molecule has 17 nitrogen and oxygen atoms in total. The second-order valence-corrected chi connectivity index (χ2v) is 16.3. The first-order chi connectivity index (χ1) is 30.1. The number of nitrogens with one attached hydrogen (secondary N) is 7. The average Bonchev–Trinajstić information content (AvgIpc) is 3.67. The Morgan fingerprint density at radius 2 is 1.49 bits per heavy atom. The van der Waals surface area contributed by atoms with Gasteiger partial charge in [-0.2, -0.15) is 0 Å². The van der Waals surface area contributed by atoms with Gasteiger partial charge in [-0.05, 0) is 79.8 Å². The molecular formula is C46H58N8O9. The lowest BCUT2D eigenvalue weighted by molar-refractivity contribution is -0.142. The highest BCUT2D eigenvalue weighted by molar-refractivity contribution is 5.96. The van der Waals surface area contributed by atoms with Crippen molar-refractivity contribution < 1.29 is 43.8 Å². The molecule has 0 spiro atoms. The maximum atomic E-state index is 14.2. The van der Waals surface area contributed by atoms with E-state index >= 15 is 0 Å². The van der Waals surface area contributed by atoms with Gasteiger partial charge in [0, 0.05) is 43.5 Å². The summed E-state index contributed by atoms with van der Waals surface area (Å²) in [5.41, 5.74) is 3.02. The van der Waals surface area contributed by atoms with Gasteiger partial charge >= 0.3 is 12.0 Å². The lowest BCUT2D eigenvalue weighted by Crippen LogP contribution is -2.60. The Labute approximate surface area is 366 Å². The third-order valence-corrected chi connectivity index (χ3v) is 11.3. The predicted molar refractivity (Wildman–Crippen MR) is 235 cm³/mol. The van der Waals surface area contributed by atoms with Crippen molar-refractivity contribution in [3.8, 4) is 5.75 Å². The van der Waals surface area contributed by atoms with E-state index in [2.05, 4.69) is 36.9 Å². The third kappa shape index (κ3) is 13.3. The lowest BCUT2D eigenvalue weighted by Gasteiger charge is -2.31. The highest BCUT2D eigenvalue weighted by atomic mass is 16.4. The number of hydrogen-bond donors (Lipinski definition) is 9. The van der Waals surface area contributed by atoms with E-state index in [0.717, 1.165) is 22.0 Å². The number of aromatic amines is 1. The molecule has 1 fully saturated rings. The zero-order valence-corrected chi connectivity index (χ0v) is 36.0. The zero-order chi connectivity index (χ0) is 45.6. The summed E-state index contributed by atoms with van der Waals surface area (Å²) in [6.07, 6.45) is 2.87. The number of phenolic OH excluding ortho intramolecular Hbond substituents is 1. The fourth-order valence-corrected chi connectivity index (χ4v) is 7.40. The summed E-state index contributed by atoms with van der Waals surface area (Å²) >= 11 is 0. The Hall–Kier alpha value is -6.91. The minimum absolute atomic E-state index is 0.0436. The molecular weight excluding hydrogens is 809 g/mol. The second-order valence-electron chi connectivity index (χ2n) is 16.3.